The molecule has 128 valence electrons. The van der Waals surface area contributed by atoms with Gasteiger partial charge in [-0.15, -0.1) is 0 Å². The number of nitrogens with zero attached hydrogens (tertiary/aromatic N) is 2. The molecule has 0 saturated carbocycles. The van der Waals surface area contributed by atoms with Crippen molar-refractivity contribution in [2.45, 2.75) is 32.2 Å². The van der Waals surface area contributed by atoms with Gasteiger partial charge in [-0.05, 0) is 56.5 Å². The van der Waals surface area contributed by atoms with Gasteiger partial charge in [-0.3, -0.25) is 9.59 Å². The van der Waals surface area contributed by atoms with Crippen LogP contribution in [0, 0.1) is 0 Å². The van der Waals surface area contributed by atoms with Crippen LogP contribution in [0.25, 0.3) is 0 Å². The van der Waals surface area contributed by atoms with E-state index in [0.29, 0.717) is 27.9 Å². The predicted molar refractivity (Wildman–Crippen MR) is 99.7 cm³/mol. The van der Waals surface area contributed by atoms with Crippen molar-refractivity contribution in [3.8, 4) is 0 Å². The molecule has 0 N–H and O–H groups in total. The van der Waals surface area contributed by atoms with Gasteiger partial charge < -0.3 is 4.90 Å². The van der Waals surface area contributed by atoms with E-state index < -0.39 is 0 Å². The number of halogens is 1. The van der Waals surface area contributed by atoms with Crippen LogP contribution >= 0.6 is 11.6 Å². The van der Waals surface area contributed by atoms with E-state index in [4.69, 9.17) is 11.6 Å². The van der Waals surface area contributed by atoms with E-state index >= 15 is 0 Å². The van der Waals surface area contributed by atoms with Gasteiger partial charge in [-0.2, -0.15) is 0 Å². The molecule has 5 heteroatoms. The number of hydrogen-bond acceptors (Lipinski definition) is 3. The number of rotatable bonds is 2. The molecule has 2 aliphatic rings. The van der Waals surface area contributed by atoms with Crippen molar-refractivity contribution < 1.29 is 9.59 Å². The van der Waals surface area contributed by atoms with Crippen LogP contribution in [0.5, 0.6) is 0 Å². The molecule has 0 spiro atoms. The summed E-state index contributed by atoms with van der Waals surface area (Å²) >= 11 is 6.52. The molecule has 4 rings (SSSR count). The fourth-order valence-corrected chi connectivity index (χ4v) is 4.03. The molecule has 1 fully saturated rings. The van der Waals surface area contributed by atoms with Gasteiger partial charge in [0.25, 0.3) is 11.8 Å². The molecule has 1 saturated heterocycles. The lowest BCUT2D eigenvalue weighted by atomic mass is 10.0. The van der Waals surface area contributed by atoms with E-state index in [-0.39, 0.29) is 11.8 Å². The summed E-state index contributed by atoms with van der Waals surface area (Å²) in [5, 5.41) is 0.572. The number of amides is 2. The lowest BCUT2D eigenvalue weighted by molar-refractivity contribution is 0.0926. The van der Waals surface area contributed by atoms with E-state index in [1.54, 1.807) is 30.3 Å². The number of carbonyl (C=O) groups is 2. The van der Waals surface area contributed by atoms with Crippen LogP contribution in [0.1, 0.15) is 46.9 Å². The first-order chi connectivity index (χ1) is 12.1. The monoisotopic (exact) mass is 354 g/mol. The fraction of sp³-hybridized carbons (Fsp3) is 0.300. The molecular weight excluding hydrogens is 336 g/mol. The number of piperidine rings is 1. The highest BCUT2D eigenvalue weighted by atomic mass is 35.5. The van der Waals surface area contributed by atoms with E-state index in [1.807, 2.05) is 12.1 Å². The summed E-state index contributed by atoms with van der Waals surface area (Å²) in [6, 6.07) is 12.8. The Morgan fingerprint density at radius 1 is 1.00 bits per heavy atom. The molecule has 0 bridgehead atoms. The molecule has 1 atom stereocenters. The number of carbonyl (C=O) groups excluding carboxylic acids is 2. The highest BCUT2D eigenvalue weighted by Gasteiger charge is 2.36. The molecule has 0 radical (unpaired) electrons. The summed E-state index contributed by atoms with van der Waals surface area (Å²) in [5.74, 6) is -0.591. The molecular formula is C20H19ClN2O2. The van der Waals surface area contributed by atoms with E-state index in [9.17, 15) is 9.59 Å². The molecule has 25 heavy (non-hydrogen) atoms. The van der Waals surface area contributed by atoms with Gasteiger partial charge >= 0.3 is 0 Å². The second-order valence-corrected chi connectivity index (χ2v) is 7.07. The molecule has 2 amide bonds. The van der Waals surface area contributed by atoms with Crippen molar-refractivity contribution in [1.29, 1.82) is 0 Å². The minimum Gasteiger partial charge on any atom is -0.368 e. The van der Waals surface area contributed by atoms with Gasteiger partial charge in [0.1, 0.15) is 0 Å². The van der Waals surface area contributed by atoms with E-state index in [2.05, 4.69) is 11.8 Å². The maximum Gasteiger partial charge on any atom is 0.266 e. The van der Waals surface area contributed by atoms with Crippen molar-refractivity contribution in [3.63, 3.8) is 0 Å². The third-order valence-electron chi connectivity index (χ3n) is 5.10. The minimum atomic E-state index is -0.296. The van der Waals surface area contributed by atoms with E-state index in [1.165, 1.54) is 11.3 Å². The number of fused-ring (bicyclic) bond motifs is 1. The van der Waals surface area contributed by atoms with Crippen molar-refractivity contribution in [2.75, 3.05) is 16.3 Å². The summed E-state index contributed by atoms with van der Waals surface area (Å²) in [7, 11) is 0. The molecule has 2 aromatic carbocycles. The topological polar surface area (TPSA) is 40.6 Å². The van der Waals surface area contributed by atoms with Crippen LogP contribution in [-0.2, 0) is 0 Å². The van der Waals surface area contributed by atoms with Gasteiger partial charge in [0.05, 0.1) is 27.5 Å². The first-order valence-electron chi connectivity index (χ1n) is 8.62. The average Bonchev–Trinajstić information content (AvgIpc) is 2.87. The van der Waals surface area contributed by atoms with Gasteiger partial charge in [-0.1, -0.05) is 23.7 Å². The average molecular weight is 355 g/mol. The Hall–Kier alpha value is -2.33. The van der Waals surface area contributed by atoms with Crippen LogP contribution in [0.2, 0.25) is 5.02 Å². The predicted octanol–water partition coefficient (Wildman–Crippen LogP) is 4.52. The molecule has 0 aliphatic carbocycles. The Kier molecular flexibility index (Phi) is 4.00. The van der Waals surface area contributed by atoms with Gasteiger partial charge in [0.15, 0.2) is 0 Å². The smallest absolute Gasteiger partial charge is 0.266 e. The maximum atomic E-state index is 12.6. The third-order valence-corrected chi connectivity index (χ3v) is 5.40. The van der Waals surface area contributed by atoms with Crippen LogP contribution in [0.15, 0.2) is 42.5 Å². The highest BCUT2D eigenvalue weighted by Crippen LogP contribution is 2.36. The summed E-state index contributed by atoms with van der Waals surface area (Å²) in [6.45, 7) is 3.18. The zero-order valence-corrected chi connectivity index (χ0v) is 14.8. The molecule has 2 heterocycles. The Morgan fingerprint density at radius 3 is 2.28 bits per heavy atom. The number of anilines is 2. The first kappa shape index (κ1) is 16.2. The van der Waals surface area contributed by atoms with Crippen LogP contribution in [-0.4, -0.2) is 24.4 Å². The second kappa shape index (κ2) is 6.19. The zero-order valence-electron chi connectivity index (χ0n) is 14.0. The summed E-state index contributed by atoms with van der Waals surface area (Å²) < 4.78 is 0. The van der Waals surface area contributed by atoms with Crippen molar-refractivity contribution >= 4 is 34.8 Å². The van der Waals surface area contributed by atoms with Gasteiger partial charge in [-0.25, -0.2) is 4.90 Å². The normalized spacial score (nSPS) is 20.2. The lowest BCUT2D eigenvalue weighted by Crippen LogP contribution is -2.37. The SMILES string of the molecule is CC1CCCCN1c1ccc(N2C(=O)c3ccccc3C2=O)cc1Cl. The van der Waals surface area contributed by atoms with Crippen LogP contribution in [0.3, 0.4) is 0 Å². The Bertz CT molecular complexity index is 830. The van der Waals surface area contributed by atoms with Crippen molar-refractivity contribution in [1.82, 2.24) is 0 Å². The molecule has 1 unspecified atom stereocenters. The van der Waals surface area contributed by atoms with Crippen molar-refractivity contribution in [2.24, 2.45) is 0 Å². The first-order valence-corrected chi connectivity index (χ1v) is 9.00. The Labute approximate surface area is 152 Å². The standard InChI is InChI=1S/C20H19ClN2O2/c1-13-6-4-5-11-22(13)18-10-9-14(12-17(18)21)23-19(24)15-7-2-3-8-16(15)20(23)25/h2-3,7-10,12-13H,4-6,11H2,1H3. The fourth-order valence-electron chi connectivity index (χ4n) is 3.75. The minimum absolute atomic E-state index is 0.296. The largest absolute Gasteiger partial charge is 0.368 e. The highest BCUT2D eigenvalue weighted by molar-refractivity contribution is 6.36. The number of imide groups is 1. The van der Waals surface area contributed by atoms with Crippen LogP contribution in [0.4, 0.5) is 11.4 Å². The number of benzene rings is 2. The molecule has 4 nitrogen and oxygen atoms in total. The zero-order chi connectivity index (χ0) is 17.6. The van der Waals surface area contributed by atoms with Gasteiger partial charge in [0, 0.05) is 12.6 Å². The third kappa shape index (κ3) is 2.61. The summed E-state index contributed by atoms with van der Waals surface area (Å²) in [6.07, 6.45) is 3.54. The second-order valence-electron chi connectivity index (χ2n) is 6.67. The Balaban J connectivity index is 1.68. The van der Waals surface area contributed by atoms with Gasteiger partial charge in [0.2, 0.25) is 0 Å². The molecule has 0 aromatic heterocycles. The lowest BCUT2D eigenvalue weighted by Gasteiger charge is -2.36. The van der Waals surface area contributed by atoms with Crippen LogP contribution < -0.4 is 9.80 Å². The maximum absolute atomic E-state index is 12.6. The quantitative estimate of drug-likeness (QED) is 0.744. The Morgan fingerprint density at radius 2 is 1.68 bits per heavy atom. The van der Waals surface area contributed by atoms with E-state index in [0.717, 1.165) is 25.1 Å². The molecule has 2 aromatic rings. The number of hydrogen-bond donors (Lipinski definition) is 0. The molecule has 2 aliphatic heterocycles. The summed E-state index contributed by atoms with van der Waals surface area (Å²) in [5.41, 5.74) is 2.37. The summed E-state index contributed by atoms with van der Waals surface area (Å²) in [4.78, 5) is 28.7. The van der Waals surface area contributed by atoms with Crippen molar-refractivity contribution in [3.05, 3.63) is 58.6 Å².